The molecule has 0 bridgehead atoms. The van der Waals surface area contributed by atoms with Crippen LogP contribution in [0.15, 0.2) is 12.2 Å². The van der Waals surface area contributed by atoms with Crippen molar-refractivity contribution in [2.75, 3.05) is 0 Å². The second-order valence-electron chi connectivity index (χ2n) is 3.01. The molecule has 0 aliphatic carbocycles. The first kappa shape index (κ1) is 12.1. The van der Waals surface area contributed by atoms with Crippen molar-refractivity contribution in [1.82, 2.24) is 0 Å². The number of nitrogens with two attached hydrogens (primary N) is 1. The fourth-order valence-electron chi connectivity index (χ4n) is 0.763. The van der Waals surface area contributed by atoms with Crippen LogP contribution >= 0.6 is 0 Å². The first-order chi connectivity index (χ1) is 5.99. The highest BCUT2D eigenvalue weighted by molar-refractivity contribution is 5.87. The normalized spacial score (nSPS) is 14.8. The minimum absolute atomic E-state index is 0.277. The molecule has 0 aromatic rings. The van der Waals surface area contributed by atoms with E-state index in [1.165, 1.54) is 6.92 Å². The summed E-state index contributed by atoms with van der Waals surface area (Å²) in [5.41, 5.74) is 5.68. The van der Waals surface area contributed by atoms with Gasteiger partial charge in [-0.1, -0.05) is 19.9 Å². The van der Waals surface area contributed by atoms with Gasteiger partial charge < -0.3 is 9.84 Å². The maximum atomic E-state index is 10.9. The lowest BCUT2D eigenvalue weighted by atomic mass is 10.2. The van der Waals surface area contributed by atoms with Crippen LogP contribution in [0.25, 0.3) is 0 Å². The van der Waals surface area contributed by atoms with Crippen LogP contribution in [0.3, 0.4) is 0 Å². The molecule has 3 N–H and O–H groups in total. The summed E-state index contributed by atoms with van der Waals surface area (Å²) < 4.78 is 4.72. The predicted molar refractivity (Wildman–Crippen MR) is 49.8 cm³/mol. The number of hydrogen-bond acceptors (Lipinski definition) is 4. The molecule has 0 aromatic heterocycles. The number of esters is 1. The van der Waals surface area contributed by atoms with E-state index in [1.54, 1.807) is 0 Å². The van der Waals surface area contributed by atoms with Gasteiger partial charge in [0.05, 0.1) is 0 Å². The number of rotatable bonds is 5. The Morgan fingerprint density at radius 3 is 2.62 bits per heavy atom. The summed E-state index contributed by atoms with van der Waals surface area (Å²) in [6, 6.07) is 0. The van der Waals surface area contributed by atoms with Crippen LogP contribution in [-0.2, 0) is 9.53 Å². The molecule has 0 aromatic carbocycles. The molecule has 4 nitrogen and oxygen atoms in total. The van der Waals surface area contributed by atoms with Crippen molar-refractivity contribution in [2.24, 2.45) is 5.73 Å². The van der Waals surface area contributed by atoms with Crippen LogP contribution in [0.5, 0.6) is 0 Å². The maximum absolute atomic E-state index is 10.9. The van der Waals surface area contributed by atoms with E-state index < -0.39 is 18.3 Å². The Bertz CT molecular complexity index is 191. The average Bonchev–Trinajstić information content (AvgIpc) is 2.04. The highest BCUT2D eigenvalue weighted by Gasteiger charge is 2.18. The van der Waals surface area contributed by atoms with Crippen LogP contribution in [0.4, 0.5) is 0 Å². The van der Waals surface area contributed by atoms with E-state index in [0.717, 1.165) is 6.42 Å². The van der Waals surface area contributed by atoms with Crippen molar-refractivity contribution in [3.05, 3.63) is 12.2 Å². The van der Waals surface area contributed by atoms with E-state index in [0.29, 0.717) is 6.42 Å². The summed E-state index contributed by atoms with van der Waals surface area (Å²) >= 11 is 0. The van der Waals surface area contributed by atoms with Crippen LogP contribution < -0.4 is 5.73 Å². The molecule has 0 aliphatic heterocycles. The Morgan fingerprint density at radius 1 is 1.69 bits per heavy atom. The second kappa shape index (κ2) is 5.72. The molecule has 0 saturated carbocycles. The summed E-state index contributed by atoms with van der Waals surface area (Å²) in [4.78, 5) is 10.9. The van der Waals surface area contributed by atoms with E-state index >= 15 is 0 Å². The van der Waals surface area contributed by atoms with Crippen LogP contribution in [0.2, 0.25) is 0 Å². The summed E-state index contributed by atoms with van der Waals surface area (Å²) in [6.07, 6.45) is -0.443. The van der Waals surface area contributed by atoms with Gasteiger partial charge in [-0.3, -0.25) is 5.73 Å². The van der Waals surface area contributed by atoms with Crippen LogP contribution in [0, 0.1) is 0 Å². The third-order valence-corrected chi connectivity index (χ3v) is 1.56. The molecule has 2 atom stereocenters. The number of ether oxygens (including phenoxy) is 1. The van der Waals surface area contributed by atoms with Crippen molar-refractivity contribution in [3.63, 3.8) is 0 Å². The molecule has 0 saturated heterocycles. The third-order valence-electron chi connectivity index (χ3n) is 1.56. The monoisotopic (exact) mass is 187 g/mol. The zero-order valence-electron chi connectivity index (χ0n) is 8.12. The summed E-state index contributed by atoms with van der Waals surface area (Å²) in [5.74, 6) is -0.567. The van der Waals surface area contributed by atoms with Crippen molar-refractivity contribution in [3.8, 4) is 0 Å². The van der Waals surface area contributed by atoms with Crippen LogP contribution in [0.1, 0.15) is 26.7 Å². The Labute approximate surface area is 78.4 Å². The first-order valence-corrected chi connectivity index (χ1v) is 4.29. The zero-order chi connectivity index (χ0) is 10.4. The lowest BCUT2D eigenvalue weighted by Crippen LogP contribution is -2.39. The van der Waals surface area contributed by atoms with Gasteiger partial charge in [-0.2, -0.15) is 0 Å². The van der Waals surface area contributed by atoms with E-state index in [4.69, 9.17) is 10.5 Å². The number of aliphatic hydroxyl groups is 1. The molecule has 0 aliphatic rings. The van der Waals surface area contributed by atoms with Crippen molar-refractivity contribution >= 4 is 5.97 Å². The quantitative estimate of drug-likeness (QED) is 0.374. The molecule has 0 heterocycles. The van der Waals surface area contributed by atoms with Crippen molar-refractivity contribution < 1.29 is 14.6 Å². The largest absolute Gasteiger partial charge is 0.441 e. The van der Waals surface area contributed by atoms with Gasteiger partial charge >= 0.3 is 5.97 Å². The van der Waals surface area contributed by atoms with Gasteiger partial charge in [-0.15, -0.1) is 0 Å². The SMILES string of the molecule is C=C(C)C(=O)OC(N)C(O)CCC. The van der Waals surface area contributed by atoms with E-state index in [1.807, 2.05) is 6.92 Å². The Kier molecular flexibility index (Phi) is 5.34. The fraction of sp³-hybridized carbons (Fsp3) is 0.667. The van der Waals surface area contributed by atoms with E-state index in [9.17, 15) is 9.90 Å². The topological polar surface area (TPSA) is 72.5 Å². The molecular formula is C9H17NO3. The minimum Gasteiger partial charge on any atom is -0.441 e. The Morgan fingerprint density at radius 2 is 2.23 bits per heavy atom. The summed E-state index contributed by atoms with van der Waals surface area (Å²) in [5, 5.41) is 9.32. The van der Waals surface area contributed by atoms with Gasteiger partial charge in [0.2, 0.25) is 0 Å². The van der Waals surface area contributed by atoms with E-state index in [-0.39, 0.29) is 5.57 Å². The molecule has 0 amide bonds. The van der Waals surface area contributed by atoms with Gasteiger partial charge in [0, 0.05) is 5.57 Å². The van der Waals surface area contributed by atoms with Crippen molar-refractivity contribution in [2.45, 2.75) is 39.0 Å². The molecular weight excluding hydrogens is 170 g/mol. The fourth-order valence-corrected chi connectivity index (χ4v) is 0.763. The maximum Gasteiger partial charge on any atom is 0.334 e. The number of carbonyl (C=O) groups is 1. The molecule has 4 heteroatoms. The van der Waals surface area contributed by atoms with Gasteiger partial charge in [-0.05, 0) is 13.3 Å². The van der Waals surface area contributed by atoms with E-state index in [2.05, 4.69) is 6.58 Å². The third kappa shape index (κ3) is 4.65. The summed E-state index contributed by atoms with van der Waals surface area (Å²) in [6.45, 7) is 6.84. The standard InChI is InChI=1S/C9H17NO3/c1-4-5-7(11)8(10)13-9(12)6(2)3/h7-8,11H,2,4-5,10H2,1,3H3. The molecule has 0 spiro atoms. The second-order valence-corrected chi connectivity index (χ2v) is 3.01. The molecule has 13 heavy (non-hydrogen) atoms. The minimum atomic E-state index is -0.954. The van der Waals surface area contributed by atoms with Gasteiger partial charge in [0.1, 0.15) is 6.10 Å². The molecule has 0 radical (unpaired) electrons. The van der Waals surface area contributed by atoms with Gasteiger partial charge in [0.25, 0.3) is 0 Å². The molecule has 76 valence electrons. The molecule has 0 rings (SSSR count). The number of aliphatic hydroxyl groups excluding tert-OH is 1. The van der Waals surface area contributed by atoms with Crippen LogP contribution in [-0.4, -0.2) is 23.4 Å². The smallest absolute Gasteiger partial charge is 0.334 e. The number of hydrogen-bond donors (Lipinski definition) is 2. The Hall–Kier alpha value is -0.870. The molecule has 2 unspecified atom stereocenters. The summed E-state index contributed by atoms with van der Waals surface area (Å²) in [7, 11) is 0. The highest BCUT2D eigenvalue weighted by Crippen LogP contribution is 2.03. The predicted octanol–water partition coefficient (Wildman–Crippen LogP) is 0.551. The van der Waals surface area contributed by atoms with Gasteiger partial charge in [-0.25, -0.2) is 4.79 Å². The zero-order valence-corrected chi connectivity index (χ0v) is 8.12. The lowest BCUT2D eigenvalue weighted by molar-refractivity contribution is -0.149. The highest BCUT2D eigenvalue weighted by atomic mass is 16.6. The van der Waals surface area contributed by atoms with Gasteiger partial charge in [0.15, 0.2) is 6.23 Å². The average molecular weight is 187 g/mol. The lowest BCUT2D eigenvalue weighted by Gasteiger charge is -2.18. The first-order valence-electron chi connectivity index (χ1n) is 4.29. The number of carbonyl (C=O) groups excluding carboxylic acids is 1. The van der Waals surface area contributed by atoms with Crippen molar-refractivity contribution in [1.29, 1.82) is 0 Å². The Balaban J connectivity index is 3.91. The molecule has 0 fully saturated rings.